The number of carbonyl (C=O) groups is 3. The van der Waals surface area contributed by atoms with Crippen LogP contribution in [0.3, 0.4) is 0 Å². The topological polar surface area (TPSA) is 103 Å². The van der Waals surface area contributed by atoms with Gasteiger partial charge in [-0.05, 0) is 43.3 Å². The first-order chi connectivity index (χ1) is 13.8. The molecule has 2 aromatic carbocycles. The fourth-order valence-corrected chi connectivity index (χ4v) is 2.68. The summed E-state index contributed by atoms with van der Waals surface area (Å²) in [5.74, 6) is -0.151. The first kappa shape index (κ1) is 21.7. The number of carbonyl (C=O) groups excluding carboxylic acids is 3. The van der Waals surface area contributed by atoms with Gasteiger partial charge in [0.2, 0.25) is 5.91 Å². The number of rotatable bonds is 8. The molecule has 0 fully saturated rings. The van der Waals surface area contributed by atoms with Crippen molar-refractivity contribution in [1.29, 1.82) is 0 Å². The number of esters is 1. The van der Waals surface area contributed by atoms with E-state index < -0.39 is 24.5 Å². The molecule has 2 aromatic rings. The number of hydrogen-bond donors (Lipinski definition) is 2. The molecule has 0 radical (unpaired) electrons. The van der Waals surface area contributed by atoms with Gasteiger partial charge in [-0.1, -0.05) is 6.07 Å². The molecule has 0 aromatic heterocycles. The van der Waals surface area contributed by atoms with Crippen LogP contribution in [0.5, 0.6) is 11.5 Å². The van der Waals surface area contributed by atoms with Crippen LogP contribution in [0.15, 0.2) is 42.5 Å². The molecule has 0 spiro atoms. The van der Waals surface area contributed by atoms with Crippen molar-refractivity contribution >= 4 is 23.5 Å². The van der Waals surface area contributed by atoms with Crippen molar-refractivity contribution in [3.05, 3.63) is 53.6 Å². The quantitative estimate of drug-likeness (QED) is 0.661. The van der Waals surface area contributed by atoms with E-state index in [2.05, 4.69) is 10.6 Å². The number of anilines is 1. The average Bonchev–Trinajstić information content (AvgIpc) is 2.71. The summed E-state index contributed by atoms with van der Waals surface area (Å²) in [5, 5.41) is 5.34. The highest BCUT2D eigenvalue weighted by Crippen LogP contribution is 2.29. The van der Waals surface area contributed by atoms with Gasteiger partial charge >= 0.3 is 5.97 Å². The van der Waals surface area contributed by atoms with Crippen molar-refractivity contribution in [2.45, 2.75) is 19.9 Å². The molecule has 2 rings (SSSR count). The SMILES string of the molecule is COc1ccc(OC)c([C@H](C)NC(=O)COC(=O)c2cccc(NC(C)=O)c2)c1. The number of amides is 2. The van der Waals surface area contributed by atoms with Crippen molar-refractivity contribution in [2.75, 3.05) is 26.1 Å². The molecule has 0 saturated carbocycles. The van der Waals surface area contributed by atoms with Crippen LogP contribution in [-0.2, 0) is 14.3 Å². The van der Waals surface area contributed by atoms with E-state index in [1.807, 2.05) is 0 Å². The van der Waals surface area contributed by atoms with Gasteiger partial charge in [-0.25, -0.2) is 4.79 Å². The first-order valence-corrected chi connectivity index (χ1v) is 8.90. The summed E-state index contributed by atoms with van der Waals surface area (Å²) < 4.78 is 15.6. The van der Waals surface area contributed by atoms with Crippen LogP contribution in [0.1, 0.15) is 35.8 Å². The lowest BCUT2D eigenvalue weighted by molar-refractivity contribution is -0.124. The lowest BCUT2D eigenvalue weighted by Crippen LogP contribution is -2.31. The van der Waals surface area contributed by atoms with E-state index in [9.17, 15) is 14.4 Å². The van der Waals surface area contributed by atoms with Gasteiger partial charge < -0.3 is 24.8 Å². The van der Waals surface area contributed by atoms with Crippen molar-refractivity contribution in [1.82, 2.24) is 5.32 Å². The van der Waals surface area contributed by atoms with Crippen LogP contribution < -0.4 is 20.1 Å². The zero-order valence-corrected chi connectivity index (χ0v) is 16.8. The predicted octanol–water partition coefficient (Wildman–Crippen LogP) is 2.70. The van der Waals surface area contributed by atoms with Crippen LogP contribution >= 0.6 is 0 Å². The van der Waals surface area contributed by atoms with E-state index in [0.717, 1.165) is 5.56 Å². The van der Waals surface area contributed by atoms with Crippen LogP contribution in [0.4, 0.5) is 5.69 Å². The molecule has 2 N–H and O–H groups in total. The zero-order chi connectivity index (χ0) is 21.4. The van der Waals surface area contributed by atoms with Gasteiger partial charge in [0.15, 0.2) is 6.61 Å². The van der Waals surface area contributed by atoms with E-state index in [-0.39, 0.29) is 11.5 Å². The van der Waals surface area contributed by atoms with Gasteiger partial charge in [-0.15, -0.1) is 0 Å². The molecule has 0 saturated heterocycles. The van der Waals surface area contributed by atoms with E-state index in [1.165, 1.54) is 26.2 Å². The Morgan fingerprint density at radius 2 is 1.79 bits per heavy atom. The molecular weight excluding hydrogens is 376 g/mol. The van der Waals surface area contributed by atoms with E-state index in [1.54, 1.807) is 44.4 Å². The summed E-state index contributed by atoms with van der Waals surface area (Å²) in [6.45, 7) is 2.71. The minimum atomic E-state index is -0.668. The Hall–Kier alpha value is -3.55. The Morgan fingerprint density at radius 3 is 2.45 bits per heavy atom. The number of ether oxygens (including phenoxy) is 3. The van der Waals surface area contributed by atoms with Crippen molar-refractivity contribution < 1.29 is 28.6 Å². The molecule has 2 amide bonds. The Balaban J connectivity index is 1.96. The highest BCUT2D eigenvalue weighted by molar-refractivity contribution is 5.94. The van der Waals surface area contributed by atoms with Crippen molar-refractivity contribution in [3.8, 4) is 11.5 Å². The van der Waals surface area contributed by atoms with Gasteiger partial charge in [0.25, 0.3) is 5.91 Å². The first-order valence-electron chi connectivity index (χ1n) is 8.90. The van der Waals surface area contributed by atoms with Crippen LogP contribution in [-0.4, -0.2) is 38.6 Å². The molecular formula is C21H24N2O6. The maximum Gasteiger partial charge on any atom is 0.338 e. The third-order valence-corrected chi connectivity index (χ3v) is 4.03. The lowest BCUT2D eigenvalue weighted by Gasteiger charge is -2.18. The van der Waals surface area contributed by atoms with Crippen LogP contribution in [0.2, 0.25) is 0 Å². The maximum atomic E-state index is 12.2. The molecule has 0 bridgehead atoms. The van der Waals surface area contributed by atoms with E-state index in [0.29, 0.717) is 17.2 Å². The summed E-state index contributed by atoms with van der Waals surface area (Å²) in [6, 6.07) is 11.2. The van der Waals surface area contributed by atoms with Crippen molar-refractivity contribution in [3.63, 3.8) is 0 Å². The van der Waals surface area contributed by atoms with E-state index in [4.69, 9.17) is 14.2 Å². The molecule has 0 unspecified atom stereocenters. The minimum absolute atomic E-state index is 0.228. The predicted molar refractivity (Wildman–Crippen MR) is 107 cm³/mol. The fraction of sp³-hybridized carbons (Fsp3) is 0.286. The standard InChI is InChI=1S/C21H24N2O6/c1-13(18-11-17(27-3)8-9-19(18)28-4)22-20(25)12-29-21(26)15-6-5-7-16(10-15)23-14(2)24/h5-11,13H,12H2,1-4H3,(H,22,25)(H,23,24)/t13-/m0/s1. The summed E-state index contributed by atoms with van der Waals surface area (Å²) in [6.07, 6.45) is 0. The Bertz CT molecular complexity index is 896. The summed E-state index contributed by atoms with van der Waals surface area (Å²) in [4.78, 5) is 35.5. The van der Waals surface area contributed by atoms with Crippen molar-refractivity contribution in [2.24, 2.45) is 0 Å². The van der Waals surface area contributed by atoms with E-state index >= 15 is 0 Å². The monoisotopic (exact) mass is 400 g/mol. The van der Waals surface area contributed by atoms with Gasteiger partial charge in [-0.3, -0.25) is 9.59 Å². The Kier molecular flexibility index (Phi) is 7.59. The number of hydrogen-bond acceptors (Lipinski definition) is 6. The molecule has 0 heterocycles. The second kappa shape index (κ2) is 10.1. The highest BCUT2D eigenvalue weighted by atomic mass is 16.5. The van der Waals surface area contributed by atoms with Gasteiger partial charge in [-0.2, -0.15) is 0 Å². The summed E-state index contributed by atoms with van der Waals surface area (Å²) in [5.41, 5.74) is 1.43. The van der Waals surface area contributed by atoms with Crippen LogP contribution in [0, 0.1) is 0 Å². The zero-order valence-electron chi connectivity index (χ0n) is 16.8. The average molecular weight is 400 g/mol. The molecule has 0 aliphatic carbocycles. The molecule has 0 aliphatic heterocycles. The molecule has 1 atom stereocenters. The summed E-state index contributed by atoms with van der Waals surface area (Å²) in [7, 11) is 3.09. The largest absolute Gasteiger partial charge is 0.497 e. The second-order valence-electron chi connectivity index (χ2n) is 6.24. The maximum absolute atomic E-state index is 12.2. The fourth-order valence-electron chi connectivity index (χ4n) is 2.68. The smallest absolute Gasteiger partial charge is 0.338 e. The lowest BCUT2D eigenvalue weighted by atomic mass is 10.1. The third kappa shape index (κ3) is 6.24. The molecule has 8 nitrogen and oxygen atoms in total. The Morgan fingerprint density at radius 1 is 1.03 bits per heavy atom. The number of nitrogens with one attached hydrogen (secondary N) is 2. The molecule has 29 heavy (non-hydrogen) atoms. The molecule has 154 valence electrons. The number of methoxy groups -OCH3 is 2. The van der Waals surface area contributed by atoms with Gasteiger partial charge in [0, 0.05) is 18.2 Å². The molecule has 8 heteroatoms. The van der Waals surface area contributed by atoms with Gasteiger partial charge in [0.1, 0.15) is 11.5 Å². The normalized spacial score (nSPS) is 11.2. The minimum Gasteiger partial charge on any atom is -0.497 e. The molecule has 0 aliphatic rings. The van der Waals surface area contributed by atoms with Crippen LogP contribution in [0.25, 0.3) is 0 Å². The second-order valence-corrected chi connectivity index (χ2v) is 6.24. The highest BCUT2D eigenvalue weighted by Gasteiger charge is 2.17. The Labute approximate surface area is 169 Å². The van der Waals surface area contributed by atoms with Gasteiger partial charge in [0.05, 0.1) is 25.8 Å². The number of benzene rings is 2. The third-order valence-electron chi connectivity index (χ3n) is 4.03. The summed E-state index contributed by atoms with van der Waals surface area (Å²) >= 11 is 0.